The van der Waals surface area contributed by atoms with Gasteiger partial charge < -0.3 is 20.1 Å². The van der Waals surface area contributed by atoms with Gasteiger partial charge in [-0.2, -0.15) is 4.37 Å². The second-order valence-electron chi connectivity index (χ2n) is 5.35. The van der Waals surface area contributed by atoms with Crippen LogP contribution in [0.2, 0.25) is 0 Å². The molecule has 1 aliphatic heterocycles. The fraction of sp³-hybridized carbons (Fsp3) is 0.769. The van der Waals surface area contributed by atoms with Gasteiger partial charge in [-0.15, -0.1) is 0 Å². The van der Waals surface area contributed by atoms with E-state index < -0.39 is 0 Å². The molecule has 1 fully saturated rings. The van der Waals surface area contributed by atoms with Crippen molar-refractivity contribution in [3.8, 4) is 5.75 Å². The molecule has 0 saturated carbocycles. The molecule has 2 atom stereocenters. The highest BCUT2D eigenvalue weighted by Gasteiger charge is 2.29. The highest BCUT2D eigenvalue weighted by atomic mass is 32.1. The predicted molar refractivity (Wildman–Crippen MR) is 79.1 cm³/mol. The van der Waals surface area contributed by atoms with Crippen LogP contribution in [0, 0.1) is 5.92 Å². The van der Waals surface area contributed by atoms with Crippen LogP contribution in [-0.2, 0) is 4.74 Å². The molecule has 108 valence electrons. The van der Waals surface area contributed by atoms with Crippen LogP contribution < -0.4 is 15.4 Å². The molecule has 2 N–H and O–H groups in total. The maximum atomic E-state index is 5.91. The number of ether oxygens (including phenoxy) is 2. The second kappa shape index (κ2) is 5.96. The van der Waals surface area contributed by atoms with E-state index in [4.69, 9.17) is 15.2 Å². The molecule has 1 aromatic heterocycles. The van der Waals surface area contributed by atoms with Crippen LogP contribution >= 0.6 is 11.5 Å². The average Bonchev–Trinajstić information content (AvgIpc) is 2.71. The Hall–Kier alpha value is -1.01. The summed E-state index contributed by atoms with van der Waals surface area (Å²) >= 11 is 1.41. The van der Waals surface area contributed by atoms with Crippen molar-refractivity contribution < 1.29 is 9.47 Å². The zero-order valence-electron chi connectivity index (χ0n) is 12.0. The average molecular weight is 285 g/mol. The lowest BCUT2D eigenvalue weighted by Crippen LogP contribution is -2.43. The maximum absolute atomic E-state index is 5.91. The van der Waals surface area contributed by atoms with Gasteiger partial charge in [0.2, 0.25) is 0 Å². The molecule has 6 heteroatoms. The van der Waals surface area contributed by atoms with Crippen LogP contribution in [-0.4, -0.2) is 36.8 Å². The van der Waals surface area contributed by atoms with Gasteiger partial charge >= 0.3 is 0 Å². The highest BCUT2D eigenvalue weighted by Crippen LogP contribution is 2.40. The number of nitrogen functional groups attached to an aromatic ring is 1. The summed E-state index contributed by atoms with van der Waals surface area (Å²) in [7, 11) is 1.78. The standard InChI is InChI=1S/C13H23N3O2S/c1-8(2)18-11-12(14)15-19-13(11)16-6-5-9(3)10(7-16)17-4/h8-10H,5-7H2,1-4H3,(H2,14,15). The van der Waals surface area contributed by atoms with E-state index in [-0.39, 0.29) is 12.2 Å². The van der Waals surface area contributed by atoms with Crippen LogP contribution in [0.25, 0.3) is 0 Å². The van der Waals surface area contributed by atoms with Gasteiger partial charge in [0.05, 0.1) is 12.2 Å². The molecule has 0 aromatic carbocycles. The lowest BCUT2D eigenvalue weighted by atomic mass is 9.96. The summed E-state index contributed by atoms with van der Waals surface area (Å²) in [5.41, 5.74) is 5.91. The molecule has 19 heavy (non-hydrogen) atoms. The van der Waals surface area contributed by atoms with Crippen molar-refractivity contribution in [1.29, 1.82) is 0 Å². The Kier molecular flexibility index (Phi) is 4.52. The van der Waals surface area contributed by atoms with Gasteiger partial charge in [0.1, 0.15) is 0 Å². The summed E-state index contributed by atoms with van der Waals surface area (Å²) in [6.07, 6.45) is 1.46. The van der Waals surface area contributed by atoms with Crippen molar-refractivity contribution in [1.82, 2.24) is 4.37 Å². The smallest absolute Gasteiger partial charge is 0.198 e. The van der Waals surface area contributed by atoms with Gasteiger partial charge in [-0.25, -0.2) is 0 Å². The molecule has 0 radical (unpaired) electrons. The summed E-state index contributed by atoms with van der Waals surface area (Å²) in [6.45, 7) is 8.09. The van der Waals surface area contributed by atoms with E-state index in [1.165, 1.54) is 11.5 Å². The van der Waals surface area contributed by atoms with Crippen molar-refractivity contribution >= 4 is 22.4 Å². The van der Waals surface area contributed by atoms with Crippen LogP contribution in [0.4, 0.5) is 10.8 Å². The molecule has 2 rings (SSSR count). The molecular formula is C13H23N3O2S. The predicted octanol–water partition coefficient (Wildman–Crippen LogP) is 2.37. The molecule has 5 nitrogen and oxygen atoms in total. The first kappa shape index (κ1) is 14.4. The Labute approximate surface area is 118 Å². The van der Waals surface area contributed by atoms with E-state index in [1.807, 2.05) is 13.8 Å². The minimum Gasteiger partial charge on any atom is -0.484 e. The molecule has 0 spiro atoms. The lowest BCUT2D eigenvalue weighted by molar-refractivity contribution is 0.0498. The fourth-order valence-corrected chi connectivity index (χ4v) is 3.14. The molecule has 0 bridgehead atoms. The zero-order valence-corrected chi connectivity index (χ0v) is 12.9. The number of anilines is 2. The van der Waals surface area contributed by atoms with Crippen LogP contribution in [0.3, 0.4) is 0 Å². The Morgan fingerprint density at radius 3 is 2.84 bits per heavy atom. The van der Waals surface area contributed by atoms with Crippen LogP contribution in [0.15, 0.2) is 0 Å². The van der Waals surface area contributed by atoms with Crippen molar-refractivity contribution in [3.63, 3.8) is 0 Å². The first-order chi connectivity index (χ1) is 9.02. The third-order valence-corrected chi connectivity index (χ3v) is 4.39. The van der Waals surface area contributed by atoms with Crippen molar-refractivity contribution in [2.45, 2.75) is 39.4 Å². The minimum atomic E-state index is 0.0967. The third kappa shape index (κ3) is 3.12. The van der Waals surface area contributed by atoms with Gasteiger partial charge in [-0.3, -0.25) is 0 Å². The Morgan fingerprint density at radius 1 is 1.47 bits per heavy atom. The number of hydrogen-bond acceptors (Lipinski definition) is 6. The molecule has 0 amide bonds. The van der Waals surface area contributed by atoms with E-state index in [9.17, 15) is 0 Å². The van der Waals surface area contributed by atoms with Gasteiger partial charge in [-0.1, -0.05) is 6.92 Å². The molecule has 1 aliphatic rings. The minimum absolute atomic E-state index is 0.0967. The summed E-state index contributed by atoms with van der Waals surface area (Å²) in [6, 6.07) is 0. The van der Waals surface area contributed by atoms with Crippen molar-refractivity contribution in [2.75, 3.05) is 30.8 Å². The van der Waals surface area contributed by atoms with Crippen LogP contribution in [0.5, 0.6) is 5.75 Å². The lowest BCUT2D eigenvalue weighted by Gasteiger charge is -2.36. The van der Waals surface area contributed by atoms with Crippen molar-refractivity contribution in [3.05, 3.63) is 0 Å². The number of nitrogens with zero attached hydrogens (tertiary/aromatic N) is 2. The van der Waals surface area contributed by atoms with Gasteiger partial charge in [0.25, 0.3) is 0 Å². The summed E-state index contributed by atoms with van der Waals surface area (Å²) < 4.78 is 15.6. The quantitative estimate of drug-likeness (QED) is 0.920. The number of piperidine rings is 1. The first-order valence-electron chi connectivity index (χ1n) is 6.72. The van der Waals surface area contributed by atoms with E-state index >= 15 is 0 Å². The Bertz CT molecular complexity index is 422. The Balaban J connectivity index is 2.17. The molecular weight excluding hydrogens is 262 g/mol. The number of methoxy groups -OCH3 is 1. The van der Waals surface area contributed by atoms with E-state index in [2.05, 4.69) is 16.2 Å². The first-order valence-corrected chi connectivity index (χ1v) is 7.49. The fourth-order valence-electron chi connectivity index (χ4n) is 2.36. The van der Waals surface area contributed by atoms with Gasteiger partial charge in [0.15, 0.2) is 16.6 Å². The van der Waals surface area contributed by atoms with E-state index in [0.717, 1.165) is 30.3 Å². The summed E-state index contributed by atoms with van der Waals surface area (Å²) in [5.74, 6) is 1.80. The van der Waals surface area contributed by atoms with E-state index in [0.29, 0.717) is 11.7 Å². The van der Waals surface area contributed by atoms with Crippen LogP contribution in [0.1, 0.15) is 27.2 Å². The number of rotatable bonds is 4. The topological polar surface area (TPSA) is 60.6 Å². The molecule has 2 unspecified atom stereocenters. The number of hydrogen-bond donors (Lipinski definition) is 1. The summed E-state index contributed by atoms with van der Waals surface area (Å²) in [5, 5.41) is 1.03. The molecule has 1 aromatic rings. The summed E-state index contributed by atoms with van der Waals surface area (Å²) in [4.78, 5) is 2.28. The third-order valence-electron chi connectivity index (χ3n) is 3.49. The number of nitrogens with two attached hydrogens (primary N) is 1. The van der Waals surface area contributed by atoms with Crippen molar-refractivity contribution in [2.24, 2.45) is 5.92 Å². The molecule has 2 heterocycles. The molecule has 1 saturated heterocycles. The monoisotopic (exact) mass is 285 g/mol. The highest BCUT2D eigenvalue weighted by molar-refractivity contribution is 7.11. The van der Waals surface area contributed by atoms with Gasteiger partial charge in [0, 0.05) is 20.2 Å². The van der Waals surface area contributed by atoms with Gasteiger partial charge in [-0.05, 0) is 37.7 Å². The van der Waals surface area contributed by atoms with E-state index in [1.54, 1.807) is 7.11 Å². The normalized spacial score (nSPS) is 23.9. The second-order valence-corrected chi connectivity index (χ2v) is 6.11. The SMILES string of the molecule is COC1CN(c2snc(N)c2OC(C)C)CCC1C. The Morgan fingerprint density at radius 2 is 2.21 bits per heavy atom. The number of aromatic nitrogens is 1. The maximum Gasteiger partial charge on any atom is 0.198 e. The molecule has 0 aliphatic carbocycles. The largest absolute Gasteiger partial charge is 0.484 e. The zero-order chi connectivity index (χ0) is 14.0.